The highest BCUT2D eigenvalue weighted by atomic mass is 16.6. The van der Waals surface area contributed by atoms with E-state index in [4.69, 9.17) is 19.9 Å². The standard InChI is InChI=1S/C17H23N5O5/c1-2-25-15(24)9-11-8-14(23)21-17(20-11)22-16(18)19-10-3-4-12-13(7-10)27-6-5-26-12/h3-4,7,11,17,20H,2,5-6,8-9H2,1H3,(H,21,23)(H3,18,19,22). The third kappa shape index (κ3) is 5.23. The maximum atomic E-state index is 11.9. The maximum Gasteiger partial charge on any atom is 0.307 e. The summed E-state index contributed by atoms with van der Waals surface area (Å²) in [5.74, 6) is 0.808. The van der Waals surface area contributed by atoms with Crippen molar-refractivity contribution in [3.8, 4) is 11.5 Å². The van der Waals surface area contributed by atoms with Gasteiger partial charge in [-0.05, 0) is 19.1 Å². The van der Waals surface area contributed by atoms with E-state index in [1.165, 1.54) is 0 Å². The Labute approximate surface area is 156 Å². The van der Waals surface area contributed by atoms with Gasteiger partial charge in [-0.25, -0.2) is 4.99 Å². The van der Waals surface area contributed by atoms with E-state index in [2.05, 4.69) is 20.9 Å². The molecule has 2 unspecified atom stereocenters. The summed E-state index contributed by atoms with van der Waals surface area (Å²) in [4.78, 5) is 27.7. The summed E-state index contributed by atoms with van der Waals surface area (Å²) >= 11 is 0. The number of nitrogens with one attached hydrogen (secondary N) is 3. The largest absolute Gasteiger partial charge is 0.486 e. The first-order valence-corrected chi connectivity index (χ1v) is 8.74. The summed E-state index contributed by atoms with van der Waals surface area (Å²) < 4.78 is 15.9. The summed E-state index contributed by atoms with van der Waals surface area (Å²) in [6.07, 6.45) is -0.487. The van der Waals surface area contributed by atoms with Crippen LogP contribution in [-0.2, 0) is 14.3 Å². The molecule has 27 heavy (non-hydrogen) atoms. The molecule has 2 atom stereocenters. The van der Waals surface area contributed by atoms with Crippen molar-refractivity contribution in [3.05, 3.63) is 18.2 Å². The number of esters is 1. The Morgan fingerprint density at radius 2 is 2.15 bits per heavy atom. The van der Waals surface area contributed by atoms with Crippen LogP contribution < -0.4 is 31.2 Å². The second-order valence-corrected chi connectivity index (χ2v) is 6.04. The van der Waals surface area contributed by atoms with E-state index >= 15 is 0 Å². The molecule has 2 aliphatic heterocycles. The number of nitrogens with zero attached hydrogens (tertiary/aromatic N) is 1. The Hall–Kier alpha value is -3.01. The molecule has 0 aromatic heterocycles. The normalized spacial score (nSPS) is 22.0. The molecule has 5 N–H and O–H groups in total. The van der Waals surface area contributed by atoms with Crippen LogP contribution in [0.4, 0.5) is 5.69 Å². The van der Waals surface area contributed by atoms with E-state index in [1.54, 1.807) is 25.1 Å². The van der Waals surface area contributed by atoms with Crippen LogP contribution in [0, 0.1) is 0 Å². The number of aliphatic imine (C=N–C) groups is 1. The van der Waals surface area contributed by atoms with Crippen molar-refractivity contribution >= 4 is 23.5 Å². The van der Waals surface area contributed by atoms with Crippen LogP contribution >= 0.6 is 0 Å². The molecule has 1 saturated heterocycles. The molecule has 2 heterocycles. The quantitative estimate of drug-likeness (QED) is 0.317. The second kappa shape index (κ2) is 8.58. The van der Waals surface area contributed by atoms with Crippen molar-refractivity contribution in [2.24, 2.45) is 10.7 Å². The number of carbonyl (C=O) groups is 2. The van der Waals surface area contributed by atoms with Crippen molar-refractivity contribution in [2.45, 2.75) is 32.1 Å². The van der Waals surface area contributed by atoms with Crippen molar-refractivity contribution in [3.63, 3.8) is 0 Å². The lowest BCUT2D eigenvalue weighted by Gasteiger charge is -2.28. The fraction of sp³-hybridized carbons (Fsp3) is 0.471. The van der Waals surface area contributed by atoms with E-state index in [-0.39, 0.29) is 36.7 Å². The molecular weight excluding hydrogens is 354 g/mol. The van der Waals surface area contributed by atoms with Gasteiger partial charge in [0.2, 0.25) is 5.91 Å². The Morgan fingerprint density at radius 1 is 1.37 bits per heavy atom. The molecule has 146 valence electrons. The summed E-state index contributed by atoms with van der Waals surface area (Å²) in [5, 5.41) is 8.66. The summed E-state index contributed by atoms with van der Waals surface area (Å²) in [5.41, 5.74) is 6.61. The van der Waals surface area contributed by atoms with Gasteiger partial charge < -0.3 is 30.6 Å². The molecule has 0 aliphatic carbocycles. The van der Waals surface area contributed by atoms with Crippen LogP contribution in [0.15, 0.2) is 23.2 Å². The lowest BCUT2D eigenvalue weighted by atomic mass is 10.1. The zero-order chi connectivity index (χ0) is 19.2. The molecule has 0 spiro atoms. The molecule has 10 heteroatoms. The third-order valence-electron chi connectivity index (χ3n) is 3.92. The molecule has 10 nitrogen and oxygen atoms in total. The number of guanidine groups is 1. The molecule has 3 rings (SSSR count). The van der Waals surface area contributed by atoms with Gasteiger partial charge >= 0.3 is 5.97 Å². The fourth-order valence-corrected chi connectivity index (χ4v) is 2.82. The lowest BCUT2D eigenvalue weighted by molar-refractivity contribution is -0.144. The number of carbonyl (C=O) groups excluding carboxylic acids is 2. The van der Waals surface area contributed by atoms with Gasteiger partial charge in [-0.3, -0.25) is 14.9 Å². The monoisotopic (exact) mass is 377 g/mol. The van der Waals surface area contributed by atoms with Gasteiger partial charge in [0, 0.05) is 24.2 Å². The highest BCUT2D eigenvalue weighted by Gasteiger charge is 2.27. The number of nitrogens with two attached hydrogens (primary N) is 1. The summed E-state index contributed by atoms with van der Waals surface area (Å²) in [6.45, 7) is 3.03. The topological polar surface area (TPSA) is 136 Å². The smallest absolute Gasteiger partial charge is 0.307 e. The number of ether oxygens (including phenoxy) is 3. The maximum absolute atomic E-state index is 11.9. The van der Waals surface area contributed by atoms with Crippen LogP contribution in [0.25, 0.3) is 0 Å². The zero-order valence-corrected chi connectivity index (χ0v) is 15.0. The predicted molar refractivity (Wildman–Crippen MR) is 97.4 cm³/mol. The molecule has 1 fully saturated rings. The van der Waals surface area contributed by atoms with Crippen LogP contribution in [0.5, 0.6) is 11.5 Å². The Balaban J connectivity index is 1.60. The Morgan fingerprint density at radius 3 is 2.93 bits per heavy atom. The number of anilines is 1. The molecule has 2 aliphatic rings. The SMILES string of the molecule is CCOC(=O)CC1CC(=O)NC(/N=C(\N)Nc2ccc3c(c2)OCCO3)N1. The summed E-state index contributed by atoms with van der Waals surface area (Å²) in [6, 6.07) is 4.95. The van der Waals surface area contributed by atoms with Crippen LogP contribution in [0.1, 0.15) is 19.8 Å². The van der Waals surface area contributed by atoms with Crippen LogP contribution in [0.2, 0.25) is 0 Å². The molecule has 1 aromatic carbocycles. The minimum atomic E-state index is -0.740. The first-order chi connectivity index (χ1) is 13.0. The highest BCUT2D eigenvalue weighted by molar-refractivity contribution is 5.93. The highest BCUT2D eigenvalue weighted by Crippen LogP contribution is 2.32. The van der Waals surface area contributed by atoms with E-state index in [0.29, 0.717) is 37.0 Å². The van der Waals surface area contributed by atoms with Crippen molar-refractivity contribution < 1.29 is 23.8 Å². The summed E-state index contributed by atoms with van der Waals surface area (Å²) in [7, 11) is 0. The molecule has 1 amide bonds. The fourth-order valence-electron chi connectivity index (χ4n) is 2.82. The van der Waals surface area contributed by atoms with Gasteiger partial charge in [-0.15, -0.1) is 0 Å². The second-order valence-electron chi connectivity index (χ2n) is 6.04. The number of hydrogen-bond donors (Lipinski definition) is 4. The Bertz CT molecular complexity index is 738. The molecular formula is C17H23N5O5. The van der Waals surface area contributed by atoms with Crippen LogP contribution in [-0.4, -0.2) is 50.0 Å². The lowest BCUT2D eigenvalue weighted by Crippen LogP contribution is -2.56. The third-order valence-corrected chi connectivity index (χ3v) is 3.92. The molecule has 0 bridgehead atoms. The van der Waals surface area contributed by atoms with Gasteiger partial charge in [0.1, 0.15) is 13.2 Å². The minimum Gasteiger partial charge on any atom is -0.486 e. The molecule has 1 aromatic rings. The van der Waals surface area contributed by atoms with Gasteiger partial charge in [-0.2, -0.15) is 0 Å². The van der Waals surface area contributed by atoms with Crippen molar-refractivity contribution in [1.82, 2.24) is 10.6 Å². The van der Waals surface area contributed by atoms with Gasteiger partial charge in [-0.1, -0.05) is 0 Å². The van der Waals surface area contributed by atoms with Gasteiger partial charge in [0.25, 0.3) is 0 Å². The Kier molecular flexibility index (Phi) is 5.97. The number of hydrogen-bond acceptors (Lipinski definition) is 7. The van der Waals surface area contributed by atoms with E-state index in [9.17, 15) is 9.59 Å². The number of benzene rings is 1. The number of amides is 1. The number of fused-ring (bicyclic) bond motifs is 1. The van der Waals surface area contributed by atoms with Gasteiger partial charge in [0.15, 0.2) is 23.7 Å². The van der Waals surface area contributed by atoms with Crippen molar-refractivity contribution in [2.75, 3.05) is 25.1 Å². The first-order valence-electron chi connectivity index (χ1n) is 8.74. The van der Waals surface area contributed by atoms with Crippen LogP contribution in [0.3, 0.4) is 0 Å². The molecule has 0 radical (unpaired) electrons. The average molecular weight is 377 g/mol. The zero-order valence-electron chi connectivity index (χ0n) is 15.0. The first kappa shape index (κ1) is 18.8. The minimum absolute atomic E-state index is 0.0861. The number of rotatable bonds is 5. The van der Waals surface area contributed by atoms with Crippen molar-refractivity contribution in [1.29, 1.82) is 0 Å². The van der Waals surface area contributed by atoms with Gasteiger partial charge in [0.05, 0.1) is 13.0 Å². The molecule has 0 saturated carbocycles. The van der Waals surface area contributed by atoms with E-state index < -0.39 is 6.29 Å². The van der Waals surface area contributed by atoms with E-state index in [0.717, 1.165) is 0 Å². The van der Waals surface area contributed by atoms with E-state index in [1.807, 2.05) is 0 Å². The predicted octanol–water partition coefficient (Wildman–Crippen LogP) is -0.101. The average Bonchev–Trinajstić information content (AvgIpc) is 2.61.